The lowest BCUT2D eigenvalue weighted by molar-refractivity contribution is -0.141. The number of rotatable bonds is 9. The van der Waals surface area contributed by atoms with Crippen molar-refractivity contribution < 1.29 is 19.1 Å². The number of ether oxygens (including phenoxy) is 2. The lowest BCUT2D eigenvalue weighted by Crippen LogP contribution is -2.44. The van der Waals surface area contributed by atoms with Crippen molar-refractivity contribution in [1.82, 2.24) is 9.80 Å². The third-order valence-corrected chi connectivity index (χ3v) is 6.13. The predicted octanol–water partition coefficient (Wildman–Crippen LogP) is 2.76. The van der Waals surface area contributed by atoms with Gasteiger partial charge in [-0.2, -0.15) is 0 Å². The first kappa shape index (κ1) is 20.0. The first-order valence-corrected chi connectivity index (χ1v) is 10.5. The standard InChI is InChI=1S/C20H28N2O4S/c1-25-12-10-21(11-13-26-2)18-17(16-9-6-14-27-16)19(23)22(20(18)24)15-7-4-3-5-8-15/h6,9,14-15H,3-5,7-8,10-13H2,1-2H3. The fourth-order valence-electron chi connectivity index (χ4n) is 3.88. The largest absolute Gasteiger partial charge is 0.383 e. The zero-order valence-electron chi connectivity index (χ0n) is 16.1. The van der Waals surface area contributed by atoms with Crippen LogP contribution >= 0.6 is 11.3 Å². The van der Waals surface area contributed by atoms with Gasteiger partial charge >= 0.3 is 0 Å². The van der Waals surface area contributed by atoms with Crippen LogP contribution in [0.25, 0.3) is 5.57 Å². The summed E-state index contributed by atoms with van der Waals surface area (Å²) >= 11 is 1.50. The second kappa shape index (κ2) is 9.48. The summed E-state index contributed by atoms with van der Waals surface area (Å²) < 4.78 is 10.5. The van der Waals surface area contributed by atoms with Crippen LogP contribution in [0.15, 0.2) is 23.2 Å². The number of methoxy groups -OCH3 is 2. The molecule has 2 amide bonds. The molecule has 2 heterocycles. The smallest absolute Gasteiger partial charge is 0.278 e. The van der Waals surface area contributed by atoms with Gasteiger partial charge in [0.25, 0.3) is 11.8 Å². The minimum Gasteiger partial charge on any atom is -0.383 e. The van der Waals surface area contributed by atoms with Gasteiger partial charge in [0, 0.05) is 38.2 Å². The molecule has 3 rings (SSSR count). The van der Waals surface area contributed by atoms with E-state index in [1.807, 2.05) is 22.4 Å². The molecule has 0 aromatic carbocycles. The summed E-state index contributed by atoms with van der Waals surface area (Å²) in [6.45, 7) is 2.05. The monoisotopic (exact) mass is 392 g/mol. The summed E-state index contributed by atoms with van der Waals surface area (Å²) in [4.78, 5) is 31.1. The van der Waals surface area contributed by atoms with Crippen LogP contribution < -0.4 is 0 Å². The molecule has 1 aliphatic carbocycles. The third kappa shape index (κ3) is 4.25. The minimum absolute atomic E-state index is 0.0120. The molecular weight excluding hydrogens is 364 g/mol. The lowest BCUT2D eigenvalue weighted by Gasteiger charge is -2.31. The van der Waals surface area contributed by atoms with E-state index in [4.69, 9.17) is 9.47 Å². The van der Waals surface area contributed by atoms with Crippen LogP contribution in [0.1, 0.15) is 37.0 Å². The van der Waals surface area contributed by atoms with E-state index in [1.54, 1.807) is 14.2 Å². The summed E-state index contributed by atoms with van der Waals surface area (Å²) in [5.74, 6) is -0.313. The summed E-state index contributed by atoms with van der Waals surface area (Å²) in [6.07, 6.45) is 5.13. The van der Waals surface area contributed by atoms with Gasteiger partial charge in [-0.15, -0.1) is 11.3 Å². The van der Waals surface area contributed by atoms with Gasteiger partial charge in [0.2, 0.25) is 0 Å². The second-order valence-corrected chi connectivity index (χ2v) is 7.89. The molecule has 1 fully saturated rings. The third-order valence-electron chi connectivity index (χ3n) is 5.25. The Balaban J connectivity index is 1.98. The van der Waals surface area contributed by atoms with E-state index >= 15 is 0 Å². The Kier molecular flexibility index (Phi) is 7.04. The maximum atomic E-state index is 13.4. The molecule has 1 saturated carbocycles. The van der Waals surface area contributed by atoms with Crippen LogP contribution in [0.4, 0.5) is 0 Å². The van der Waals surface area contributed by atoms with E-state index < -0.39 is 0 Å². The number of hydrogen-bond donors (Lipinski definition) is 0. The Morgan fingerprint density at radius 3 is 2.30 bits per heavy atom. The van der Waals surface area contributed by atoms with Gasteiger partial charge in [-0.1, -0.05) is 25.3 Å². The summed E-state index contributed by atoms with van der Waals surface area (Å²) in [5.41, 5.74) is 1.04. The quantitative estimate of drug-likeness (QED) is 0.605. The molecule has 148 valence electrons. The molecule has 2 aliphatic rings. The van der Waals surface area contributed by atoms with Crippen molar-refractivity contribution in [3.63, 3.8) is 0 Å². The number of thiophene rings is 1. The first-order valence-electron chi connectivity index (χ1n) is 9.58. The van der Waals surface area contributed by atoms with Gasteiger partial charge in [0.15, 0.2) is 0 Å². The van der Waals surface area contributed by atoms with Crippen LogP contribution in [0, 0.1) is 0 Å². The Morgan fingerprint density at radius 1 is 1.07 bits per heavy atom. The molecule has 0 radical (unpaired) electrons. The molecule has 7 heteroatoms. The Hall–Kier alpha value is -1.70. The van der Waals surface area contributed by atoms with E-state index in [0.717, 1.165) is 30.6 Å². The van der Waals surface area contributed by atoms with Crippen LogP contribution in [-0.4, -0.2) is 68.2 Å². The molecule has 0 atom stereocenters. The zero-order valence-corrected chi connectivity index (χ0v) is 16.9. The van der Waals surface area contributed by atoms with Gasteiger partial charge < -0.3 is 14.4 Å². The molecule has 1 aliphatic heterocycles. The number of imide groups is 1. The van der Waals surface area contributed by atoms with Crippen LogP contribution in [0.2, 0.25) is 0 Å². The average Bonchev–Trinajstić information content (AvgIpc) is 3.29. The van der Waals surface area contributed by atoms with E-state index in [0.29, 0.717) is 37.6 Å². The average molecular weight is 393 g/mol. The van der Waals surface area contributed by atoms with Crippen molar-refractivity contribution in [1.29, 1.82) is 0 Å². The van der Waals surface area contributed by atoms with Gasteiger partial charge in [-0.25, -0.2) is 0 Å². The highest BCUT2D eigenvalue weighted by molar-refractivity contribution is 7.11. The molecule has 0 N–H and O–H groups in total. The molecule has 0 saturated heterocycles. The molecular formula is C20H28N2O4S. The van der Waals surface area contributed by atoms with E-state index in [9.17, 15) is 9.59 Å². The molecule has 0 unspecified atom stereocenters. The molecule has 1 aromatic rings. The van der Waals surface area contributed by atoms with Gasteiger partial charge in [-0.05, 0) is 24.3 Å². The lowest BCUT2D eigenvalue weighted by atomic mass is 9.94. The van der Waals surface area contributed by atoms with Gasteiger partial charge in [0.05, 0.1) is 18.8 Å². The van der Waals surface area contributed by atoms with E-state index in [2.05, 4.69) is 0 Å². The fourth-order valence-corrected chi connectivity index (χ4v) is 4.64. The number of hydrogen-bond acceptors (Lipinski definition) is 6. The van der Waals surface area contributed by atoms with Crippen molar-refractivity contribution in [2.24, 2.45) is 0 Å². The highest BCUT2D eigenvalue weighted by Gasteiger charge is 2.45. The maximum absolute atomic E-state index is 13.4. The normalized spacial score (nSPS) is 18.7. The van der Waals surface area contributed by atoms with Gasteiger partial charge in [0.1, 0.15) is 5.70 Å². The van der Waals surface area contributed by atoms with Crippen LogP contribution in [-0.2, 0) is 19.1 Å². The molecule has 0 bridgehead atoms. The van der Waals surface area contributed by atoms with Crippen molar-refractivity contribution in [2.45, 2.75) is 38.1 Å². The molecule has 27 heavy (non-hydrogen) atoms. The maximum Gasteiger partial charge on any atom is 0.278 e. The molecule has 1 aromatic heterocycles. The highest BCUT2D eigenvalue weighted by atomic mass is 32.1. The SMILES string of the molecule is COCCN(CCOC)C1=C(c2cccs2)C(=O)N(C2CCCCC2)C1=O. The fraction of sp³-hybridized carbons (Fsp3) is 0.600. The zero-order chi connectivity index (χ0) is 19.2. The number of nitrogens with zero attached hydrogens (tertiary/aromatic N) is 2. The minimum atomic E-state index is -0.164. The van der Waals surface area contributed by atoms with Crippen molar-refractivity contribution in [3.05, 3.63) is 28.1 Å². The van der Waals surface area contributed by atoms with Gasteiger partial charge in [-0.3, -0.25) is 14.5 Å². The van der Waals surface area contributed by atoms with E-state index in [-0.39, 0.29) is 17.9 Å². The summed E-state index contributed by atoms with van der Waals surface area (Å²) in [5, 5.41) is 1.94. The topological polar surface area (TPSA) is 59.1 Å². The van der Waals surface area contributed by atoms with Crippen molar-refractivity contribution >= 4 is 28.7 Å². The molecule has 6 nitrogen and oxygen atoms in total. The molecule has 0 spiro atoms. The predicted molar refractivity (Wildman–Crippen MR) is 105 cm³/mol. The Bertz CT molecular complexity index is 672. The Labute approximate surface area is 164 Å². The highest BCUT2D eigenvalue weighted by Crippen LogP contribution is 2.37. The van der Waals surface area contributed by atoms with Crippen molar-refractivity contribution in [2.75, 3.05) is 40.5 Å². The Morgan fingerprint density at radius 2 is 1.74 bits per heavy atom. The number of carbonyl (C=O) groups excluding carboxylic acids is 2. The van der Waals surface area contributed by atoms with Crippen LogP contribution in [0.5, 0.6) is 0 Å². The van der Waals surface area contributed by atoms with Crippen molar-refractivity contribution in [3.8, 4) is 0 Å². The summed E-state index contributed by atoms with van der Waals surface area (Å²) in [6, 6.07) is 3.85. The summed E-state index contributed by atoms with van der Waals surface area (Å²) in [7, 11) is 3.28. The van der Waals surface area contributed by atoms with E-state index in [1.165, 1.54) is 22.7 Å². The number of carbonyl (C=O) groups is 2. The second-order valence-electron chi connectivity index (χ2n) is 6.95. The first-order chi connectivity index (χ1) is 13.2. The van der Waals surface area contributed by atoms with Crippen LogP contribution in [0.3, 0.4) is 0 Å². The number of amides is 2.